The SMILES string of the molecule is C=CCOC(=O)/C=C(\CCl)OCC. The first kappa shape index (κ1) is 12.0. The number of carbonyl (C=O) groups is 1. The molecule has 0 spiro atoms. The number of rotatable bonds is 6. The van der Waals surface area contributed by atoms with Crippen LogP contribution in [0.2, 0.25) is 0 Å². The molecule has 0 rings (SSSR count). The predicted molar refractivity (Wildman–Crippen MR) is 51.6 cm³/mol. The third-order valence-electron chi connectivity index (χ3n) is 1.08. The molecule has 0 bridgehead atoms. The Morgan fingerprint density at radius 3 is 2.69 bits per heavy atom. The molecule has 0 aromatic rings. The molecule has 74 valence electrons. The van der Waals surface area contributed by atoms with Gasteiger partial charge in [0.15, 0.2) is 0 Å². The zero-order valence-electron chi connectivity index (χ0n) is 7.59. The van der Waals surface area contributed by atoms with Crippen molar-refractivity contribution in [3.05, 3.63) is 24.5 Å². The highest BCUT2D eigenvalue weighted by Crippen LogP contribution is 2.00. The van der Waals surface area contributed by atoms with E-state index in [2.05, 4.69) is 6.58 Å². The largest absolute Gasteiger partial charge is 0.497 e. The second kappa shape index (κ2) is 7.68. The van der Waals surface area contributed by atoms with Gasteiger partial charge in [-0.1, -0.05) is 12.7 Å². The summed E-state index contributed by atoms with van der Waals surface area (Å²) in [5, 5.41) is 0. The summed E-state index contributed by atoms with van der Waals surface area (Å²) in [7, 11) is 0. The quantitative estimate of drug-likeness (QED) is 0.218. The van der Waals surface area contributed by atoms with Crippen LogP contribution >= 0.6 is 11.6 Å². The van der Waals surface area contributed by atoms with E-state index in [1.54, 1.807) is 0 Å². The number of ether oxygens (including phenoxy) is 2. The number of allylic oxidation sites excluding steroid dienone is 1. The summed E-state index contributed by atoms with van der Waals surface area (Å²) in [6, 6.07) is 0. The molecule has 0 atom stereocenters. The van der Waals surface area contributed by atoms with E-state index < -0.39 is 5.97 Å². The van der Waals surface area contributed by atoms with Crippen molar-refractivity contribution in [2.45, 2.75) is 6.92 Å². The van der Waals surface area contributed by atoms with Crippen molar-refractivity contribution in [2.24, 2.45) is 0 Å². The van der Waals surface area contributed by atoms with Crippen molar-refractivity contribution in [2.75, 3.05) is 19.1 Å². The maximum absolute atomic E-state index is 11.0. The topological polar surface area (TPSA) is 35.5 Å². The highest BCUT2D eigenvalue weighted by Gasteiger charge is 2.01. The summed E-state index contributed by atoms with van der Waals surface area (Å²) in [5.41, 5.74) is 0. The molecule has 0 aromatic carbocycles. The van der Waals surface area contributed by atoms with Crippen LogP contribution in [0.25, 0.3) is 0 Å². The van der Waals surface area contributed by atoms with Gasteiger partial charge in [0.2, 0.25) is 0 Å². The second-order valence-electron chi connectivity index (χ2n) is 2.10. The third kappa shape index (κ3) is 6.22. The van der Waals surface area contributed by atoms with Gasteiger partial charge >= 0.3 is 5.97 Å². The van der Waals surface area contributed by atoms with E-state index in [0.717, 1.165) is 0 Å². The van der Waals surface area contributed by atoms with E-state index in [9.17, 15) is 4.79 Å². The van der Waals surface area contributed by atoms with E-state index in [1.165, 1.54) is 12.2 Å². The van der Waals surface area contributed by atoms with Crippen LogP contribution in [0, 0.1) is 0 Å². The molecule has 0 heterocycles. The third-order valence-corrected chi connectivity index (χ3v) is 1.35. The van der Waals surface area contributed by atoms with E-state index in [1.807, 2.05) is 6.92 Å². The number of alkyl halides is 1. The van der Waals surface area contributed by atoms with Gasteiger partial charge in [0.25, 0.3) is 0 Å². The summed E-state index contributed by atoms with van der Waals surface area (Å²) < 4.78 is 9.74. The zero-order valence-corrected chi connectivity index (χ0v) is 8.34. The Bertz CT molecular complexity index is 199. The van der Waals surface area contributed by atoms with E-state index in [-0.39, 0.29) is 12.5 Å². The molecule has 0 amide bonds. The van der Waals surface area contributed by atoms with Gasteiger partial charge in [-0.3, -0.25) is 0 Å². The molecule has 0 N–H and O–H groups in total. The fourth-order valence-electron chi connectivity index (χ4n) is 0.618. The maximum Gasteiger partial charge on any atom is 0.334 e. The van der Waals surface area contributed by atoms with Crippen molar-refractivity contribution in [3.8, 4) is 0 Å². The lowest BCUT2D eigenvalue weighted by atomic mass is 10.5. The van der Waals surface area contributed by atoms with Crippen molar-refractivity contribution in [3.63, 3.8) is 0 Å². The minimum atomic E-state index is -0.469. The zero-order chi connectivity index (χ0) is 10.1. The van der Waals surface area contributed by atoms with Gasteiger partial charge in [-0.2, -0.15) is 0 Å². The van der Waals surface area contributed by atoms with Crippen LogP contribution in [-0.4, -0.2) is 25.1 Å². The minimum absolute atomic E-state index is 0.164. The molecule has 0 aliphatic rings. The highest BCUT2D eigenvalue weighted by molar-refractivity contribution is 6.19. The highest BCUT2D eigenvalue weighted by atomic mass is 35.5. The molecule has 0 aliphatic carbocycles. The monoisotopic (exact) mass is 204 g/mol. The lowest BCUT2D eigenvalue weighted by molar-refractivity contribution is -0.136. The molecule has 0 unspecified atom stereocenters. The average molecular weight is 205 g/mol. The predicted octanol–water partition coefficient (Wildman–Crippen LogP) is 1.87. The van der Waals surface area contributed by atoms with Crippen LogP contribution in [0.4, 0.5) is 0 Å². The van der Waals surface area contributed by atoms with Crippen molar-refractivity contribution in [1.82, 2.24) is 0 Å². The Morgan fingerprint density at radius 2 is 2.23 bits per heavy atom. The average Bonchev–Trinajstić information content (AvgIpc) is 2.14. The van der Waals surface area contributed by atoms with Gasteiger partial charge in [0.05, 0.1) is 18.6 Å². The van der Waals surface area contributed by atoms with Crippen molar-refractivity contribution >= 4 is 17.6 Å². The molecule has 0 aliphatic heterocycles. The molecule has 0 radical (unpaired) electrons. The number of halogens is 1. The molecule has 4 heteroatoms. The van der Waals surface area contributed by atoms with E-state index in [4.69, 9.17) is 21.1 Å². The van der Waals surface area contributed by atoms with Crippen LogP contribution < -0.4 is 0 Å². The first-order chi connectivity index (χ1) is 6.24. The molecule has 0 saturated heterocycles. The van der Waals surface area contributed by atoms with Gasteiger partial charge in [0, 0.05) is 0 Å². The van der Waals surface area contributed by atoms with Crippen molar-refractivity contribution < 1.29 is 14.3 Å². The smallest absolute Gasteiger partial charge is 0.334 e. The van der Waals surface area contributed by atoms with E-state index in [0.29, 0.717) is 12.4 Å². The Hall–Kier alpha value is -0.960. The Kier molecular flexibility index (Phi) is 7.11. The lowest BCUT2D eigenvalue weighted by Gasteiger charge is -2.04. The summed E-state index contributed by atoms with van der Waals surface area (Å²) in [5.74, 6) is 0.110. The Morgan fingerprint density at radius 1 is 1.54 bits per heavy atom. The number of hydrogen-bond acceptors (Lipinski definition) is 3. The number of hydrogen-bond donors (Lipinski definition) is 0. The fourth-order valence-corrected chi connectivity index (χ4v) is 0.773. The first-order valence-corrected chi connectivity index (χ1v) is 4.45. The summed E-state index contributed by atoms with van der Waals surface area (Å²) in [6.07, 6.45) is 2.73. The van der Waals surface area contributed by atoms with Gasteiger partial charge in [-0.05, 0) is 6.92 Å². The van der Waals surface area contributed by atoms with Crippen LogP contribution in [0.5, 0.6) is 0 Å². The van der Waals surface area contributed by atoms with Crippen molar-refractivity contribution in [1.29, 1.82) is 0 Å². The standard InChI is InChI=1S/C9H13ClO3/c1-3-5-13-9(11)6-8(7-10)12-4-2/h3,6H,1,4-5,7H2,2H3/b8-6+. The first-order valence-electron chi connectivity index (χ1n) is 3.91. The summed E-state index contributed by atoms with van der Waals surface area (Å²) in [6.45, 7) is 5.90. The van der Waals surface area contributed by atoms with Gasteiger partial charge in [0.1, 0.15) is 12.4 Å². The molecule has 3 nitrogen and oxygen atoms in total. The molecular formula is C9H13ClO3. The molecular weight excluding hydrogens is 192 g/mol. The van der Waals surface area contributed by atoms with Crippen LogP contribution in [0.1, 0.15) is 6.92 Å². The van der Waals surface area contributed by atoms with Crippen LogP contribution in [0.3, 0.4) is 0 Å². The second-order valence-corrected chi connectivity index (χ2v) is 2.36. The van der Waals surface area contributed by atoms with Crippen LogP contribution in [-0.2, 0) is 14.3 Å². The number of carbonyl (C=O) groups excluding carboxylic acids is 1. The summed E-state index contributed by atoms with van der Waals surface area (Å²) >= 11 is 5.50. The Balaban J connectivity index is 3.99. The van der Waals surface area contributed by atoms with E-state index >= 15 is 0 Å². The van der Waals surface area contributed by atoms with Gasteiger partial charge in [-0.25, -0.2) is 4.79 Å². The molecule has 13 heavy (non-hydrogen) atoms. The Labute approximate surface area is 83.0 Å². The van der Waals surface area contributed by atoms with Crippen LogP contribution in [0.15, 0.2) is 24.5 Å². The van der Waals surface area contributed by atoms with Gasteiger partial charge < -0.3 is 9.47 Å². The lowest BCUT2D eigenvalue weighted by Crippen LogP contribution is -2.04. The fraction of sp³-hybridized carbons (Fsp3) is 0.444. The number of esters is 1. The normalized spacial score (nSPS) is 10.8. The molecule has 0 fully saturated rings. The maximum atomic E-state index is 11.0. The minimum Gasteiger partial charge on any atom is -0.497 e. The van der Waals surface area contributed by atoms with Gasteiger partial charge in [-0.15, -0.1) is 11.6 Å². The molecule has 0 saturated carbocycles. The summed E-state index contributed by atoms with van der Waals surface area (Å²) in [4.78, 5) is 11.0. The molecule has 0 aromatic heterocycles.